The van der Waals surface area contributed by atoms with Crippen LogP contribution in [0, 0.1) is 0 Å². The quantitative estimate of drug-likeness (QED) is 0.623. The maximum atomic E-state index is 6.18. The van der Waals surface area contributed by atoms with E-state index in [1.165, 1.54) is 0 Å². The van der Waals surface area contributed by atoms with Crippen LogP contribution >= 0.6 is 0 Å². The molecule has 1 aromatic rings. The van der Waals surface area contributed by atoms with Crippen LogP contribution in [-0.4, -0.2) is 50.2 Å². The Kier molecular flexibility index (Phi) is 7.63. The molecule has 0 amide bonds. The molecule has 0 saturated heterocycles. The number of benzene rings is 1. The van der Waals surface area contributed by atoms with E-state index in [4.69, 9.17) is 8.85 Å². The highest BCUT2D eigenvalue weighted by Gasteiger charge is 2.34. The molecule has 0 heterocycles. The summed E-state index contributed by atoms with van der Waals surface area (Å²) in [6.07, 6.45) is 1.87. The maximum absolute atomic E-state index is 6.18. The molecule has 6 heteroatoms. The van der Waals surface area contributed by atoms with Gasteiger partial charge in [0.15, 0.2) is 0 Å². The van der Waals surface area contributed by atoms with Gasteiger partial charge in [0.25, 0.3) is 0 Å². The lowest BCUT2D eigenvalue weighted by Gasteiger charge is -2.43. The SMILES string of the molecule is C=Cc1ccccc1[Si](OC)OCCN([Si](C)(C)C)[Si](C)(C)C. The van der Waals surface area contributed by atoms with Crippen LogP contribution in [0.15, 0.2) is 30.8 Å². The minimum Gasteiger partial charge on any atom is -0.393 e. The zero-order chi connectivity index (χ0) is 17.7. The Bertz CT molecular complexity index is 495. The molecule has 0 atom stereocenters. The Balaban J connectivity index is 2.76. The molecule has 0 fully saturated rings. The third-order valence-electron chi connectivity index (χ3n) is 3.75. The standard InChI is InChI=1S/C17H32NO2Si3/c1-9-16-12-10-11-13-17(16)21(19-2)20-15-14-18(22(3,4)5)23(6,7)8/h9-13H,1,14-15H2,2-8H3. The Hall–Kier alpha value is -0.509. The van der Waals surface area contributed by atoms with E-state index < -0.39 is 25.8 Å². The molecule has 129 valence electrons. The molecule has 0 aliphatic rings. The van der Waals surface area contributed by atoms with E-state index in [1.54, 1.807) is 7.11 Å². The van der Waals surface area contributed by atoms with Crippen LogP contribution in [-0.2, 0) is 8.85 Å². The molecule has 0 saturated carbocycles. The van der Waals surface area contributed by atoms with Crippen molar-refractivity contribution in [3.63, 3.8) is 0 Å². The lowest BCUT2D eigenvalue weighted by Crippen LogP contribution is -2.60. The largest absolute Gasteiger partial charge is 0.424 e. The van der Waals surface area contributed by atoms with Crippen molar-refractivity contribution in [3.05, 3.63) is 36.4 Å². The van der Waals surface area contributed by atoms with Crippen molar-refractivity contribution >= 4 is 37.0 Å². The summed E-state index contributed by atoms with van der Waals surface area (Å²) in [7, 11) is -2.38. The highest BCUT2D eigenvalue weighted by atomic mass is 28.4. The predicted molar refractivity (Wildman–Crippen MR) is 108 cm³/mol. The van der Waals surface area contributed by atoms with Gasteiger partial charge >= 0.3 is 9.28 Å². The van der Waals surface area contributed by atoms with Gasteiger partial charge in [0, 0.05) is 25.4 Å². The van der Waals surface area contributed by atoms with Gasteiger partial charge in [-0.05, 0) is 5.56 Å². The molecular formula is C17H32NO2Si3. The van der Waals surface area contributed by atoms with Crippen molar-refractivity contribution < 1.29 is 8.85 Å². The topological polar surface area (TPSA) is 21.7 Å². The van der Waals surface area contributed by atoms with E-state index in [-0.39, 0.29) is 0 Å². The normalized spacial score (nSPS) is 12.9. The first-order valence-corrected chi connectivity index (χ1v) is 16.4. The van der Waals surface area contributed by atoms with Crippen LogP contribution < -0.4 is 5.19 Å². The van der Waals surface area contributed by atoms with Crippen molar-refractivity contribution in [2.24, 2.45) is 0 Å². The fourth-order valence-corrected chi connectivity index (χ4v) is 14.0. The highest BCUT2D eigenvalue weighted by molar-refractivity contribution is 6.89. The summed E-state index contributed by atoms with van der Waals surface area (Å²) < 4.78 is 14.6. The Morgan fingerprint density at radius 2 is 1.65 bits per heavy atom. The van der Waals surface area contributed by atoms with Gasteiger partial charge < -0.3 is 13.1 Å². The monoisotopic (exact) mass is 366 g/mol. The maximum Gasteiger partial charge on any atom is 0.424 e. The van der Waals surface area contributed by atoms with Crippen LogP contribution in [0.4, 0.5) is 0 Å². The van der Waals surface area contributed by atoms with Crippen LogP contribution in [0.25, 0.3) is 6.08 Å². The first-order valence-electron chi connectivity index (χ1n) is 8.14. The second kappa shape index (κ2) is 8.55. The molecule has 0 aromatic heterocycles. The predicted octanol–water partition coefficient (Wildman–Crippen LogP) is 3.66. The molecule has 0 unspecified atom stereocenters. The summed E-state index contributed by atoms with van der Waals surface area (Å²) in [5, 5.41) is 1.14. The van der Waals surface area contributed by atoms with Gasteiger partial charge in [-0.25, -0.2) is 0 Å². The Morgan fingerprint density at radius 1 is 1.09 bits per heavy atom. The first kappa shape index (κ1) is 20.5. The molecule has 0 aliphatic heterocycles. The zero-order valence-corrected chi connectivity index (χ0v) is 18.8. The smallest absolute Gasteiger partial charge is 0.393 e. The van der Waals surface area contributed by atoms with Crippen molar-refractivity contribution in [2.45, 2.75) is 39.3 Å². The number of nitrogens with zero attached hydrogens (tertiary/aromatic N) is 1. The molecule has 3 nitrogen and oxygen atoms in total. The molecule has 23 heavy (non-hydrogen) atoms. The molecule has 1 rings (SSSR count). The van der Waals surface area contributed by atoms with Gasteiger partial charge in [0.1, 0.15) is 16.5 Å². The van der Waals surface area contributed by atoms with Crippen LogP contribution in [0.2, 0.25) is 39.3 Å². The molecular weight excluding hydrogens is 334 g/mol. The van der Waals surface area contributed by atoms with E-state index in [9.17, 15) is 0 Å². The van der Waals surface area contributed by atoms with E-state index in [2.05, 4.69) is 62.2 Å². The van der Waals surface area contributed by atoms with Gasteiger partial charge in [0.05, 0.1) is 0 Å². The van der Waals surface area contributed by atoms with Gasteiger partial charge in [-0.1, -0.05) is 76.2 Å². The average molecular weight is 367 g/mol. The van der Waals surface area contributed by atoms with Gasteiger partial charge in [-0.2, -0.15) is 0 Å². The van der Waals surface area contributed by atoms with Crippen molar-refractivity contribution in [2.75, 3.05) is 20.3 Å². The van der Waals surface area contributed by atoms with Crippen LogP contribution in [0.5, 0.6) is 0 Å². The third-order valence-corrected chi connectivity index (χ3v) is 13.2. The fraction of sp³-hybridized carbons (Fsp3) is 0.529. The molecule has 0 spiro atoms. The molecule has 0 aliphatic carbocycles. The minimum atomic E-state index is -1.46. The highest BCUT2D eigenvalue weighted by Crippen LogP contribution is 2.19. The Morgan fingerprint density at radius 3 is 2.13 bits per heavy atom. The van der Waals surface area contributed by atoms with Crippen molar-refractivity contribution in [1.29, 1.82) is 0 Å². The second-order valence-corrected chi connectivity index (χ2v) is 19.6. The molecule has 1 radical (unpaired) electrons. The van der Waals surface area contributed by atoms with E-state index in [0.717, 1.165) is 23.9 Å². The average Bonchev–Trinajstić information content (AvgIpc) is 2.44. The van der Waals surface area contributed by atoms with Gasteiger partial charge in [-0.3, -0.25) is 0 Å². The lowest BCUT2D eigenvalue weighted by atomic mass is 10.2. The summed E-state index contributed by atoms with van der Waals surface area (Å²) in [6.45, 7) is 20.1. The minimum absolute atomic E-state index is 0.724. The number of hydrogen-bond donors (Lipinski definition) is 0. The lowest BCUT2D eigenvalue weighted by molar-refractivity contribution is 0.233. The van der Waals surface area contributed by atoms with E-state index in [0.29, 0.717) is 0 Å². The summed E-state index contributed by atoms with van der Waals surface area (Å²) >= 11 is 0. The van der Waals surface area contributed by atoms with Crippen LogP contribution in [0.3, 0.4) is 0 Å². The summed E-state index contributed by atoms with van der Waals surface area (Å²) in [6, 6.07) is 8.20. The van der Waals surface area contributed by atoms with Gasteiger partial charge in [-0.15, -0.1) is 0 Å². The fourth-order valence-electron chi connectivity index (χ4n) is 3.01. The summed E-state index contributed by atoms with van der Waals surface area (Å²) in [5.74, 6) is 0. The van der Waals surface area contributed by atoms with E-state index in [1.807, 2.05) is 18.2 Å². The zero-order valence-electron chi connectivity index (χ0n) is 15.8. The van der Waals surface area contributed by atoms with Gasteiger partial charge in [0.2, 0.25) is 0 Å². The molecule has 1 aromatic carbocycles. The van der Waals surface area contributed by atoms with E-state index >= 15 is 0 Å². The molecule has 0 N–H and O–H groups in total. The number of rotatable bonds is 9. The van der Waals surface area contributed by atoms with Crippen molar-refractivity contribution in [3.8, 4) is 0 Å². The van der Waals surface area contributed by atoms with Crippen molar-refractivity contribution in [1.82, 2.24) is 4.23 Å². The van der Waals surface area contributed by atoms with Crippen LogP contribution in [0.1, 0.15) is 5.56 Å². The summed E-state index contributed by atoms with van der Waals surface area (Å²) in [5.41, 5.74) is 1.11. The first-order chi connectivity index (χ1) is 10.6. The molecule has 0 bridgehead atoms. The number of hydrogen-bond acceptors (Lipinski definition) is 3. The summed E-state index contributed by atoms with van der Waals surface area (Å²) in [4.78, 5) is 0. The third kappa shape index (κ3) is 6.13. The Labute approximate surface area is 146 Å². The second-order valence-electron chi connectivity index (χ2n) is 7.62.